The molecule has 0 saturated heterocycles. The van der Waals surface area contributed by atoms with E-state index in [-0.39, 0.29) is 12.3 Å². The van der Waals surface area contributed by atoms with Gasteiger partial charge in [-0.2, -0.15) is 0 Å². The van der Waals surface area contributed by atoms with Crippen LogP contribution < -0.4 is 4.74 Å². The number of carbonyl (C=O) groups is 1. The highest BCUT2D eigenvalue weighted by Crippen LogP contribution is 2.13. The lowest BCUT2D eigenvalue weighted by Crippen LogP contribution is -2.09. The van der Waals surface area contributed by atoms with Crippen molar-refractivity contribution in [3.63, 3.8) is 0 Å². The minimum absolute atomic E-state index is 0.110. The largest absolute Gasteiger partial charge is 0.486 e. The number of rotatable bonds is 4. The lowest BCUT2D eigenvalue weighted by molar-refractivity contribution is 0.0688. The van der Waals surface area contributed by atoms with E-state index in [0.717, 1.165) is 0 Å². The number of pyridine rings is 1. The van der Waals surface area contributed by atoms with Gasteiger partial charge in [-0.15, -0.1) is 10.2 Å². The number of hydrogen-bond donors (Lipinski definition) is 1. The number of hydrogen-bond acceptors (Lipinski definition) is 4. The Labute approximate surface area is 114 Å². The van der Waals surface area contributed by atoms with Crippen LogP contribution in [0, 0.1) is 0 Å². The first-order valence-corrected chi connectivity index (χ1v) is 6.00. The number of benzene rings is 1. The van der Waals surface area contributed by atoms with Gasteiger partial charge in [-0.05, 0) is 24.3 Å². The number of ether oxygens (including phenoxy) is 1. The molecule has 0 aliphatic carbocycles. The van der Waals surface area contributed by atoms with E-state index in [1.165, 1.54) is 10.5 Å². The quantitative estimate of drug-likeness (QED) is 0.784. The molecular weight excluding hydrogens is 258 g/mol. The van der Waals surface area contributed by atoms with Crippen LogP contribution in [0.15, 0.2) is 48.5 Å². The lowest BCUT2D eigenvalue weighted by atomic mass is 10.3. The molecule has 3 aromatic rings. The van der Waals surface area contributed by atoms with Gasteiger partial charge in [-0.3, -0.25) is 4.40 Å². The second-order valence-electron chi connectivity index (χ2n) is 4.13. The summed E-state index contributed by atoms with van der Waals surface area (Å²) < 4.78 is 7.05. The van der Waals surface area contributed by atoms with Crippen LogP contribution in [0.1, 0.15) is 16.3 Å². The third-order valence-corrected chi connectivity index (χ3v) is 2.83. The molecule has 0 saturated carbocycles. The van der Waals surface area contributed by atoms with Gasteiger partial charge in [0.25, 0.3) is 0 Å². The van der Waals surface area contributed by atoms with E-state index < -0.39 is 5.97 Å². The molecule has 2 heterocycles. The molecule has 1 N–H and O–H groups in total. The van der Waals surface area contributed by atoms with Crippen molar-refractivity contribution >= 4 is 11.6 Å². The number of nitrogens with zero attached hydrogens (tertiary/aromatic N) is 3. The molecule has 0 bridgehead atoms. The van der Waals surface area contributed by atoms with Crippen molar-refractivity contribution in [3.8, 4) is 5.75 Å². The summed E-state index contributed by atoms with van der Waals surface area (Å²) in [5.74, 6) is 0.107. The summed E-state index contributed by atoms with van der Waals surface area (Å²) in [4.78, 5) is 11.2. The van der Waals surface area contributed by atoms with Crippen LogP contribution in [0.4, 0.5) is 0 Å². The van der Waals surface area contributed by atoms with Gasteiger partial charge in [0.15, 0.2) is 11.5 Å². The second-order valence-corrected chi connectivity index (χ2v) is 4.13. The van der Waals surface area contributed by atoms with Gasteiger partial charge >= 0.3 is 5.97 Å². The lowest BCUT2D eigenvalue weighted by Gasteiger charge is -2.06. The van der Waals surface area contributed by atoms with Crippen molar-refractivity contribution in [2.24, 2.45) is 0 Å². The van der Waals surface area contributed by atoms with Crippen molar-refractivity contribution in [1.82, 2.24) is 14.6 Å². The zero-order valence-corrected chi connectivity index (χ0v) is 10.4. The maximum absolute atomic E-state index is 11.2. The highest BCUT2D eigenvalue weighted by molar-refractivity contribution is 5.86. The first-order chi connectivity index (χ1) is 9.75. The van der Waals surface area contributed by atoms with Gasteiger partial charge in [-0.1, -0.05) is 24.3 Å². The topological polar surface area (TPSA) is 76.7 Å². The van der Waals surface area contributed by atoms with Crippen molar-refractivity contribution in [1.29, 1.82) is 0 Å². The van der Waals surface area contributed by atoms with E-state index in [0.29, 0.717) is 17.2 Å². The van der Waals surface area contributed by atoms with Crippen molar-refractivity contribution in [2.45, 2.75) is 6.61 Å². The van der Waals surface area contributed by atoms with Crippen LogP contribution >= 0.6 is 0 Å². The van der Waals surface area contributed by atoms with Crippen molar-refractivity contribution < 1.29 is 14.6 Å². The standard InChI is InChI=1S/C14H11N3O3/c18-14(19)11-7-4-8-12-15-16-13(17(11)12)9-20-10-5-2-1-3-6-10/h1-8H,9H2,(H,18,19). The predicted octanol–water partition coefficient (Wildman–Crippen LogP) is 2.01. The molecule has 2 aromatic heterocycles. The average molecular weight is 269 g/mol. The molecule has 0 atom stereocenters. The van der Waals surface area contributed by atoms with E-state index in [1.54, 1.807) is 12.1 Å². The van der Waals surface area contributed by atoms with E-state index in [1.807, 2.05) is 30.3 Å². The molecule has 0 amide bonds. The van der Waals surface area contributed by atoms with Crippen LogP contribution in [-0.4, -0.2) is 25.7 Å². The van der Waals surface area contributed by atoms with Gasteiger partial charge in [0.05, 0.1) is 0 Å². The Hall–Kier alpha value is -2.89. The molecule has 0 fully saturated rings. The van der Waals surface area contributed by atoms with Gasteiger partial charge in [-0.25, -0.2) is 4.79 Å². The Morgan fingerprint density at radius 2 is 1.90 bits per heavy atom. The summed E-state index contributed by atoms with van der Waals surface area (Å²) >= 11 is 0. The zero-order chi connectivity index (χ0) is 13.9. The van der Waals surface area contributed by atoms with Crippen molar-refractivity contribution in [3.05, 3.63) is 60.0 Å². The summed E-state index contributed by atoms with van der Waals surface area (Å²) in [6.07, 6.45) is 0. The molecule has 0 unspecified atom stereocenters. The molecule has 0 spiro atoms. The monoisotopic (exact) mass is 269 g/mol. The number of aromatic nitrogens is 3. The highest BCUT2D eigenvalue weighted by Gasteiger charge is 2.14. The van der Waals surface area contributed by atoms with E-state index >= 15 is 0 Å². The minimum atomic E-state index is -1.03. The van der Waals surface area contributed by atoms with E-state index in [2.05, 4.69) is 10.2 Å². The molecular formula is C14H11N3O3. The minimum Gasteiger partial charge on any atom is -0.486 e. The van der Waals surface area contributed by atoms with Crippen LogP contribution in [0.2, 0.25) is 0 Å². The molecule has 3 rings (SSSR count). The third-order valence-electron chi connectivity index (χ3n) is 2.83. The number of fused-ring (bicyclic) bond motifs is 1. The normalized spacial score (nSPS) is 10.6. The Bertz CT molecular complexity index is 753. The average Bonchev–Trinajstić information content (AvgIpc) is 2.89. The van der Waals surface area contributed by atoms with Crippen LogP contribution in [0.3, 0.4) is 0 Å². The molecule has 0 aliphatic heterocycles. The first-order valence-electron chi connectivity index (χ1n) is 6.00. The predicted molar refractivity (Wildman–Crippen MR) is 70.7 cm³/mol. The van der Waals surface area contributed by atoms with Crippen LogP contribution in [-0.2, 0) is 6.61 Å². The summed E-state index contributed by atoms with van der Waals surface area (Å²) in [7, 11) is 0. The van der Waals surface area contributed by atoms with Crippen LogP contribution in [0.5, 0.6) is 5.75 Å². The molecule has 0 aliphatic rings. The smallest absolute Gasteiger partial charge is 0.352 e. The van der Waals surface area contributed by atoms with Crippen molar-refractivity contribution in [2.75, 3.05) is 0 Å². The Morgan fingerprint density at radius 3 is 2.65 bits per heavy atom. The summed E-state index contributed by atoms with van der Waals surface area (Å²) in [5.41, 5.74) is 0.593. The molecule has 100 valence electrons. The maximum Gasteiger partial charge on any atom is 0.352 e. The van der Waals surface area contributed by atoms with Crippen LogP contribution in [0.25, 0.3) is 5.65 Å². The molecule has 1 aromatic carbocycles. The van der Waals surface area contributed by atoms with Gasteiger partial charge in [0.2, 0.25) is 0 Å². The van der Waals surface area contributed by atoms with Gasteiger partial charge in [0.1, 0.15) is 18.1 Å². The van der Waals surface area contributed by atoms with Gasteiger partial charge < -0.3 is 9.84 Å². The highest BCUT2D eigenvalue weighted by atomic mass is 16.5. The van der Waals surface area contributed by atoms with E-state index in [4.69, 9.17) is 4.74 Å². The number of para-hydroxylation sites is 1. The Balaban J connectivity index is 1.94. The summed E-state index contributed by atoms with van der Waals surface area (Å²) in [6, 6.07) is 14.1. The third kappa shape index (κ3) is 2.18. The first kappa shape index (κ1) is 12.2. The fourth-order valence-corrected chi connectivity index (χ4v) is 1.93. The zero-order valence-electron chi connectivity index (χ0n) is 10.4. The second kappa shape index (κ2) is 5.00. The molecule has 0 radical (unpaired) electrons. The Morgan fingerprint density at radius 1 is 1.10 bits per heavy atom. The molecule has 6 nitrogen and oxygen atoms in total. The molecule has 6 heteroatoms. The summed E-state index contributed by atoms with van der Waals surface area (Å²) in [5, 5.41) is 17.1. The SMILES string of the molecule is O=C(O)c1cccc2nnc(COc3ccccc3)n12. The van der Waals surface area contributed by atoms with E-state index in [9.17, 15) is 9.90 Å². The fourth-order valence-electron chi connectivity index (χ4n) is 1.93. The maximum atomic E-state index is 11.2. The van der Waals surface area contributed by atoms with Gasteiger partial charge in [0, 0.05) is 0 Å². The molecule has 20 heavy (non-hydrogen) atoms. The fraction of sp³-hybridized carbons (Fsp3) is 0.0714. The number of aromatic carboxylic acids is 1. The number of carboxylic acids is 1. The summed E-state index contributed by atoms with van der Waals surface area (Å²) in [6.45, 7) is 0.148. The number of carboxylic acid groups (broad SMARTS) is 1. The Kier molecular flexibility index (Phi) is 3.04.